The minimum absolute atomic E-state index is 0.0569. The molecule has 0 unspecified atom stereocenters. The van der Waals surface area contributed by atoms with E-state index in [0.29, 0.717) is 12.1 Å². The summed E-state index contributed by atoms with van der Waals surface area (Å²) in [5.74, 6) is 1.73. The number of hydrogen-bond donors (Lipinski definition) is 2. The number of thioether (sulfide) groups is 1. The number of benzene rings is 1. The van der Waals surface area contributed by atoms with E-state index < -0.39 is 0 Å². The molecule has 0 fully saturated rings. The lowest BCUT2D eigenvalue weighted by Crippen LogP contribution is -2.25. The smallest absolute Gasteiger partial charge is 0.251 e. The van der Waals surface area contributed by atoms with Gasteiger partial charge in [0.25, 0.3) is 5.91 Å². The summed E-state index contributed by atoms with van der Waals surface area (Å²) in [5.41, 5.74) is 1.55. The molecule has 0 saturated heterocycles. The van der Waals surface area contributed by atoms with Crippen LogP contribution in [0.25, 0.3) is 10.9 Å². The monoisotopic (exact) mass is 290 g/mol. The third-order valence-corrected chi connectivity index (χ3v) is 3.91. The Morgan fingerprint density at radius 2 is 2.20 bits per heavy atom. The van der Waals surface area contributed by atoms with Gasteiger partial charge in [0, 0.05) is 36.1 Å². The highest BCUT2D eigenvalue weighted by atomic mass is 32.2. The van der Waals surface area contributed by atoms with Crippen molar-refractivity contribution in [3.63, 3.8) is 0 Å². The van der Waals surface area contributed by atoms with Gasteiger partial charge in [0.1, 0.15) is 0 Å². The average molecular weight is 290 g/mol. The van der Waals surface area contributed by atoms with E-state index >= 15 is 0 Å². The first-order valence-corrected chi connectivity index (χ1v) is 7.78. The summed E-state index contributed by atoms with van der Waals surface area (Å²) < 4.78 is 0. The number of aromatic nitrogens is 1. The quantitative estimate of drug-likeness (QED) is 0.766. The summed E-state index contributed by atoms with van der Waals surface area (Å²) in [5, 5.41) is 12.5. The van der Waals surface area contributed by atoms with Crippen molar-refractivity contribution in [1.82, 2.24) is 10.3 Å². The van der Waals surface area contributed by atoms with Crippen molar-refractivity contribution in [3.05, 3.63) is 42.1 Å². The molecule has 20 heavy (non-hydrogen) atoms. The van der Waals surface area contributed by atoms with Crippen LogP contribution in [0.15, 0.2) is 36.5 Å². The summed E-state index contributed by atoms with van der Waals surface area (Å²) in [6.45, 7) is 0.866. The van der Waals surface area contributed by atoms with E-state index in [2.05, 4.69) is 10.3 Å². The molecule has 0 aliphatic rings. The first-order chi connectivity index (χ1) is 9.81. The molecule has 106 valence electrons. The zero-order valence-corrected chi connectivity index (χ0v) is 12.0. The highest BCUT2D eigenvalue weighted by Crippen LogP contribution is 2.13. The lowest BCUT2D eigenvalue weighted by molar-refractivity contribution is 0.0956. The van der Waals surface area contributed by atoms with Crippen LogP contribution in [0.3, 0.4) is 0 Å². The van der Waals surface area contributed by atoms with Gasteiger partial charge in [-0.3, -0.25) is 9.78 Å². The van der Waals surface area contributed by atoms with E-state index in [1.807, 2.05) is 24.3 Å². The van der Waals surface area contributed by atoms with Gasteiger partial charge in [-0.1, -0.05) is 6.07 Å². The third kappa shape index (κ3) is 4.21. The van der Waals surface area contributed by atoms with Crippen molar-refractivity contribution < 1.29 is 9.90 Å². The van der Waals surface area contributed by atoms with Crippen LogP contribution >= 0.6 is 11.8 Å². The van der Waals surface area contributed by atoms with Crippen LogP contribution in [0.5, 0.6) is 0 Å². The van der Waals surface area contributed by atoms with Crippen LogP contribution in [-0.2, 0) is 0 Å². The van der Waals surface area contributed by atoms with Crippen LogP contribution in [0, 0.1) is 0 Å². The van der Waals surface area contributed by atoms with Crippen LogP contribution in [0.2, 0.25) is 0 Å². The minimum Gasteiger partial charge on any atom is -0.396 e. The molecule has 0 bridgehead atoms. The summed E-state index contributed by atoms with van der Waals surface area (Å²) >= 11 is 1.73. The topological polar surface area (TPSA) is 62.2 Å². The summed E-state index contributed by atoms with van der Waals surface area (Å²) in [6.07, 6.45) is 2.54. The van der Waals surface area contributed by atoms with Gasteiger partial charge in [-0.15, -0.1) is 0 Å². The molecule has 2 rings (SSSR count). The molecule has 2 aromatic rings. The molecule has 0 atom stereocenters. The Morgan fingerprint density at radius 1 is 1.30 bits per heavy atom. The Kier molecular flexibility index (Phi) is 5.83. The Bertz CT molecular complexity index is 575. The second-order valence-corrected chi connectivity index (χ2v) is 5.58. The van der Waals surface area contributed by atoms with Crippen molar-refractivity contribution >= 4 is 28.6 Å². The van der Waals surface area contributed by atoms with Crippen LogP contribution < -0.4 is 5.32 Å². The van der Waals surface area contributed by atoms with Crippen LogP contribution in [-0.4, -0.2) is 40.7 Å². The van der Waals surface area contributed by atoms with E-state index in [9.17, 15) is 4.79 Å². The molecule has 1 heterocycles. The maximum atomic E-state index is 12.0. The van der Waals surface area contributed by atoms with E-state index in [4.69, 9.17) is 5.11 Å². The fourth-order valence-electron chi connectivity index (χ4n) is 1.82. The number of nitrogens with zero attached hydrogens (tertiary/aromatic N) is 1. The number of amides is 1. The first-order valence-electron chi connectivity index (χ1n) is 6.63. The molecule has 1 aromatic heterocycles. The lowest BCUT2D eigenvalue weighted by Gasteiger charge is -2.06. The Labute approximate surface area is 122 Å². The third-order valence-electron chi connectivity index (χ3n) is 2.84. The van der Waals surface area contributed by atoms with E-state index in [1.54, 1.807) is 24.0 Å². The predicted molar refractivity (Wildman–Crippen MR) is 83.1 cm³/mol. The predicted octanol–water partition coefficient (Wildman–Crippen LogP) is 2.08. The van der Waals surface area contributed by atoms with Crippen molar-refractivity contribution in [2.45, 2.75) is 6.42 Å². The van der Waals surface area contributed by atoms with Gasteiger partial charge < -0.3 is 10.4 Å². The number of aliphatic hydroxyl groups is 1. The molecule has 0 radical (unpaired) electrons. The summed E-state index contributed by atoms with van der Waals surface area (Å²) in [4.78, 5) is 16.2. The second-order valence-electron chi connectivity index (χ2n) is 4.36. The molecule has 0 aliphatic heterocycles. The standard InChI is InChI=1S/C15H18N2O2S/c18-8-2-9-20-10-7-17-15(19)13-4-5-14-12(11-13)3-1-6-16-14/h1,3-6,11,18H,2,7-10H2,(H,17,19). The summed E-state index contributed by atoms with van der Waals surface area (Å²) in [7, 11) is 0. The van der Waals surface area contributed by atoms with E-state index in [1.165, 1.54) is 0 Å². The molecule has 0 saturated carbocycles. The van der Waals surface area contributed by atoms with Gasteiger partial charge in [-0.05, 0) is 36.4 Å². The van der Waals surface area contributed by atoms with Gasteiger partial charge in [0.05, 0.1) is 5.52 Å². The molecule has 5 heteroatoms. The highest BCUT2D eigenvalue weighted by Gasteiger charge is 2.05. The van der Waals surface area contributed by atoms with Crippen molar-refractivity contribution in [3.8, 4) is 0 Å². The maximum Gasteiger partial charge on any atom is 0.251 e. The normalized spacial score (nSPS) is 10.7. The summed E-state index contributed by atoms with van der Waals surface area (Å²) in [6, 6.07) is 9.33. The second kappa shape index (κ2) is 7.87. The molecule has 1 amide bonds. The maximum absolute atomic E-state index is 12.0. The molecular formula is C15H18N2O2S. The number of hydrogen-bond acceptors (Lipinski definition) is 4. The van der Waals surface area contributed by atoms with Gasteiger partial charge in [-0.25, -0.2) is 0 Å². The molecule has 4 nitrogen and oxygen atoms in total. The number of rotatable bonds is 7. The van der Waals surface area contributed by atoms with Crippen LogP contribution in [0.1, 0.15) is 16.8 Å². The van der Waals surface area contributed by atoms with Gasteiger partial charge in [0.2, 0.25) is 0 Å². The fraction of sp³-hybridized carbons (Fsp3) is 0.333. The minimum atomic E-state index is -0.0569. The van der Waals surface area contributed by atoms with Crippen molar-refractivity contribution in [2.24, 2.45) is 0 Å². The number of aliphatic hydroxyl groups excluding tert-OH is 1. The largest absolute Gasteiger partial charge is 0.396 e. The fourth-order valence-corrected chi connectivity index (χ4v) is 2.61. The highest BCUT2D eigenvalue weighted by molar-refractivity contribution is 7.99. The SMILES string of the molecule is O=C(NCCSCCCO)c1ccc2ncccc2c1. The molecule has 0 aliphatic carbocycles. The number of carbonyl (C=O) groups excluding carboxylic acids is 1. The zero-order chi connectivity index (χ0) is 14.2. The van der Waals surface area contributed by atoms with Crippen molar-refractivity contribution in [1.29, 1.82) is 0 Å². The Balaban J connectivity index is 1.84. The molecule has 0 spiro atoms. The van der Waals surface area contributed by atoms with Gasteiger partial charge >= 0.3 is 0 Å². The molecule has 2 N–H and O–H groups in total. The van der Waals surface area contributed by atoms with Crippen LogP contribution in [0.4, 0.5) is 0 Å². The average Bonchev–Trinajstić information content (AvgIpc) is 2.50. The number of carbonyl (C=O) groups is 1. The van der Waals surface area contributed by atoms with Crippen molar-refractivity contribution in [2.75, 3.05) is 24.7 Å². The zero-order valence-electron chi connectivity index (χ0n) is 11.2. The van der Waals surface area contributed by atoms with Gasteiger partial charge in [-0.2, -0.15) is 11.8 Å². The number of nitrogens with one attached hydrogen (secondary N) is 1. The Morgan fingerprint density at radius 3 is 3.05 bits per heavy atom. The first kappa shape index (κ1) is 14.8. The molecular weight excluding hydrogens is 272 g/mol. The Hall–Kier alpha value is -1.59. The van der Waals surface area contributed by atoms with E-state index in [0.717, 1.165) is 28.8 Å². The number of pyridine rings is 1. The van der Waals surface area contributed by atoms with E-state index in [-0.39, 0.29) is 12.5 Å². The van der Waals surface area contributed by atoms with Gasteiger partial charge in [0.15, 0.2) is 0 Å². The number of fused-ring (bicyclic) bond motifs is 1. The lowest BCUT2D eigenvalue weighted by atomic mass is 10.1. The molecule has 1 aromatic carbocycles.